The Morgan fingerprint density at radius 2 is 1.69 bits per heavy atom. The Hall–Kier alpha value is -3.77. The third-order valence-corrected chi connectivity index (χ3v) is 6.68. The number of aliphatic hydroxyl groups is 1. The maximum Gasteiger partial charge on any atom is 0.295 e. The van der Waals surface area contributed by atoms with Crippen molar-refractivity contribution in [3.8, 4) is 5.75 Å². The molecule has 6 nitrogen and oxygen atoms in total. The van der Waals surface area contributed by atoms with Crippen LogP contribution in [0, 0.1) is 6.92 Å². The van der Waals surface area contributed by atoms with E-state index in [9.17, 15) is 14.7 Å². The number of nitrogens with zero attached hydrogens (tertiary/aromatic N) is 2. The van der Waals surface area contributed by atoms with Gasteiger partial charge in [0.1, 0.15) is 11.5 Å². The monoisotopic (exact) mass is 504 g/mol. The largest absolute Gasteiger partial charge is 0.507 e. The normalized spacial score (nSPS) is 16.9. The molecule has 0 spiro atoms. The van der Waals surface area contributed by atoms with Crippen LogP contribution < -0.4 is 9.64 Å². The average Bonchev–Trinajstić information content (AvgIpc) is 3.13. The molecule has 3 aromatic rings. The molecule has 0 saturated carbocycles. The number of Topliss-reactive ketones (excluding diaryl/α,β-unsaturated/α-hetero) is 1. The molecular formula is C29H29ClN2O4. The number of carbonyl (C=O) groups excluding carboxylic acids is 2. The molecule has 1 saturated heterocycles. The van der Waals surface area contributed by atoms with Crippen LogP contribution in [0.2, 0.25) is 5.02 Å². The predicted octanol–water partition coefficient (Wildman–Crippen LogP) is 5.39. The molecule has 7 heteroatoms. The summed E-state index contributed by atoms with van der Waals surface area (Å²) in [7, 11) is 5.39. The van der Waals surface area contributed by atoms with Crippen LogP contribution in [0.5, 0.6) is 5.75 Å². The zero-order chi connectivity index (χ0) is 26.0. The number of anilines is 1. The summed E-state index contributed by atoms with van der Waals surface area (Å²) in [6.45, 7) is 2.19. The van der Waals surface area contributed by atoms with Crippen LogP contribution in [0.15, 0.2) is 72.3 Å². The molecule has 1 aliphatic heterocycles. The van der Waals surface area contributed by atoms with E-state index in [0.717, 1.165) is 22.4 Å². The highest BCUT2D eigenvalue weighted by atomic mass is 35.5. The molecule has 1 heterocycles. The predicted molar refractivity (Wildman–Crippen MR) is 143 cm³/mol. The molecule has 1 aliphatic rings. The minimum absolute atomic E-state index is 0.0533. The quantitative estimate of drug-likeness (QED) is 0.265. The Bertz CT molecular complexity index is 1310. The first-order valence-electron chi connectivity index (χ1n) is 11.7. The first-order valence-corrected chi connectivity index (χ1v) is 12.0. The molecule has 1 atom stereocenters. The molecule has 1 unspecified atom stereocenters. The van der Waals surface area contributed by atoms with Crippen LogP contribution in [-0.4, -0.2) is 49.4 Å². The van der Waals surface area contributed by atoms with Crippen LogP contribution in [0.1, 0.15) is 28.3 Å². The highest BCUT2D eigenvalue weighted by Gasteiger charge is 2.46. The lowest BCUT2D eigenvalue weighted by molar-refractivity contribution is -0.139. The van der Waals surface area contributed by atoms with Crippen molar-refractivity contribution < 1.29 is 19.4 Å². The molecule has 36 heavy (non-hydrogen) atoms. The van der Waals surface area contributed by atoms with Gasteiger partial charge in [0.2, 0.25) is 0 Å². The number of amides is 1. The number of methoxy groups -OCH3 is 1. The van der Waals surface area contributed by atoms with Gasteiger partial charge in [-0.05, 0) is 60.9 Å². The summed E-state index contributed by atoms with van der Waals surface area (Å²) >= 11 is 6.01. The van der Waals surface area contributed by atoms with Gasteiger partial charge < -0.3 is 19.6 Å². The summed E-state index contributed by atoms with van der Waals surface area (Å²) in [5.74, 6) is -1.18. The van der Waals surface area contributed by atoms with Crippen molar-refractivity contribution in [1.82, 2.24) is 4.90 Å². The van der Waals surface area contributed by atoms with Gasteiger partial charge in [-0.1, -0.05) is 47.5 Å². The fourth-order valence-corrected chi connectivity index (χ4v) is 4.59. The van der Waals surface area contributed by atoms with Gasteiger partial charge in [-0.3, -0.25) is 9.59 Å². The van der Waals surface area contributed by atoms with Gasteiger partial charge in [-0.25, -0.2) is 0 Å². The summed E-state index contributed by atoms with van der Waals surface area (Å²) in [6, 6.07) is 19.7. The molecule has 0 aliphatic carbocycles. The number of aliphatic hydroxyl groups excluding tert-OH is 1. The standard InChI is InChI=1S/C29H29ClN2O4/c1-18-5-14-24(36-4)23(17-18)27(33)25-26(20-8-12-22(13-9-20)31(2)3)32(29(35)28(25)34)16-15-19-6-10-21(30)11-7-19/h5-14,17,26,33H,15-16H2,1-4H3/b27-25+. The summed E-state index contributed by atoms with van der Waals surface area (Å²) in [6.07, 6.45) is 0.532. The van der Waals surface area contributed by atoms with Crippen molar-refractivity contribution in [2.75, 3.05) is 32.6 Å². The molecule has 0 aromatic heterocycles. The topological polar surface area (TPSA) is 70.1 Å². The number of hydrogen-bond acceptors (Lipinski definition) is 5. The number of benzene rings is 3. The van der Waals surface area contributed by atoms with E-state index in [4.69, 9.17) is 16.3 Å². The highest BCUT2D eigenvalue weighted by molar-refractivity contribution is 6.46. The van der Waals surface area contributed by atoms with E-state index in [1.54, 1.807) is 24.3 Å². The Balaban J connectivity index is 1.82. The number of aryl methyl sites for hydroxylation is 1. The van der Waals surface area contributed by atoms with Crippen molar-refractivity contribution in [3.63, 3.8) is 0 Å². The first-order chi connectivity index (χ1) is 17.2. The van der Waals surface area contributed by atoms with E-state index in [0.29, 0.717) is 29.3 Å². The van der Waals surface area contributed by atoms with Crippen molar-refractivity contribution in [2.24, 2.45) is 0 Å². The van der Waals surface area contributed by atoms with Crippen molar-refractivity contribution in [2.45, 2.75) is 19.4 Å². The van der Waals surface area contributed by atoms with Crippen molar-refractivity contribution in [3.05, 3.63) is 99.6 Å². The number of carbonyl (C=O) groups is 2. The van der Waals surface area contributed by atoms with Gasteiger partial charge in [-0.15, -0.1) is 0 Å². The summed E-state index contributed by atoms with van der Waals surface area (Å²) in [4.78, 5) is 30.1. The van der Waals surface area contributed by atoms with E-state index in [1.165, 1.54) is 12.0 Å². The van der Waals surface area contributed by atoms with E-state index < -0.39 is 17.7 Å². The number of hydrogen-bond donors (Lipinski definition) is 1. The summed E-state index contributed by atoms with van der Waals surface area (Å²) < 4.78 is 5.45. The van der Waals surface area contributed by atoms with E-state index in [-0.39, 0.29) is 11.3 Å². The van der Waals surface area contributed by atoms with Gasteiger partial charge in [-0.2, -0.15) is 0 Å². The first kappa shape index (κ1) is 25.3. The highest BCUT2D eigenvalue weighted by Crippen LogP contribution is 2.41. The molecule has 186 valence electrons. The van der Waals surface area contributed by atoms with Crippen molar-refractivity contribution in [1.29, 1.82) is 0 Å². The Morgan fingerprint density at radius 3 is 2.31 bits per heavy atom. The van der Waals surface area contributed by atoms with Crippen LogP contribution in [0.4, 0.5) is 5.69 Å². The van der Waals surface area contributed by atoms with Gasteiger partial charge in [0.25, 0.3) is 11.7 Å². The fourth-order valence-electron chi connectivity index (χ4n) is 4.46. The third-order valence-electron chi connectivity index (χ3n) is 6.43. The van der Waals surface area contributed by atoms with Gasteiger partial charge >= 0.3 is 0 Å². The fraction of sp³-hybridized carbons (Fsp3) is 0.241. The number of rotatable bonds is 7. The maximum absolute atomic E-state index is 13.4. The zero-order valence-corrected chi connectivity index (χ0v) is 21.5. The smallest absolute Gasteiger partial charge is 0.295 e. The lowest BCUT2D eigenvalue weighted by atomic mass is 9.94. The molecule has 1 fully saturated rings. The van der Waals surface area contributed by atoms with E-state index in [2.05, 4.69) is 0 Å². The molecule has 1 amide bonds. The molecule has 0 radical (unpaired) electrons. The van der Waals surface area contributed by atoms with Crippen LogP contribution in [0.25, 0.3) is 5.76 Å². The summed E-state index contributed by atoms with van der Waals surface area (Å²) in [5.41, 5.74) is 4.03. The van der Waals surface area contributed by atoms with Crippen LogP contribution in [0.3, 0.4) is 0 Å². The summed E-state index contributed by atoms with van der Waals surface area (Å²) in [5, 5.41) is 12.1. The van der Waals surface area contributed by atoms with Crippen LogP contribution in [-0.2, 0) is 16.0 Å². The molecular weight excluding hydrogens is 476 g/mol. The number of likely N-dealkylation sites (tertiary alicyclic amines) is 1. The molecule has 1 N–H and O–H groups in total. The molecule has 0 bridgehead atoms. The van der Waals surface area contributed by atoms with Crippen molar-refractivity contribution >= 4 is 34.7 Å². The maximum atomic E-state index is 13.4. The van der Waals surface area contributed by atoms with Gasteiger partial charge in [0.05, 0.1) is 24.3 Å². The minimum atomic E-state index is -0.737. The number of ketones is 1. The van der Waals surface area contributed by atoms with E-state index >= 15 is 0 Å². The Labute approximate surface area is 216 Å². The second-order valence-corrected chi connectivity index (χ2v) is 9.50. The number of ether oxygens (including phenoxy) is 1. The second kappa shape index (κ2) is 10.5. The molecule has 4 rings (SSSR count). The lowest BCUT2D eigenvalue weighted by Gasteiger charge is -2.26. The third kappa shape index (κ3) is 4.95. The SMILES string of the molecule is COc1ccc(C)cc1/C(O)=C1\C(=O)C(=O)N(CCc2ccc(Cl)cc2)C1c1ccc(N(C)C)cc1. The van der Waals surface area contributed by atoms with Crippen LogP contribution >= 0.6 is 11.6 Å². The van der Waals surface area contributed by atoms with E-state index in [1.807, 2.05) is 68.4 Å². The second-order valence-electron chi connectivity index (χ2n) is 9.06. The Kier molecular flexibility index (Phi) is 7.36. The van der Waals surface area contributed by atoms with Gasteiger partial charge in [0.15, 0.2) is 0 Å². The Morgan fingerprint density at radius 1 is 1.03 bits per heavy atom. The molecule has 3 aromatic carbocycles. The number of halogens is 1. The minimum Gasteiger partial charge on any atom is -0.507 e. The van der Waals surface area contributed by atoms with Gasteiger partial charge in [0, 0.05) is 31.4 Å². The lowest BCUT2D eigenvalue weighted by Crippen LogP contribution is -2.31. The zero-order valence-electron chi connectivity index (χ0n) is 20.8. The average molecular weight is 505 g/mol.